The van der Waals surface area contributed by atoms with Gasteiger partial charge in [-0.2, -0.15) is 22.8 Å². The number of nitrogens with one attached hydrogen (secondary N) is 1. The van der Waals surface area contributed by atoms with Crippen LogP contribution in [0.5, 0.6) is 17.4 Å². The highest BCUT2D eigenvalue weighted by Gasteiger charge is 2.31. The number of aliphatic hydroxyl groups excluding tert-OH is 1. The van der Waals surface area contributed by atoms with Gasteiger partial charge in [-0.3, -0.25) is 14.3 Å². The third-order valence-electron chi connectivity index (χ3n) is 4.69. The van der Waals surface area contributed by atoms with Gasteiger partial charge in [-0.1, -0.05) is 0 Å². The van der Waals surface area contributed by atoms with E-state index >= 15 is 4.39 Å². The van der Waals surface area contributed by atoms with E-state index in [9.17, 15) is 27.9 Å². The van der Waals surface area contributed by atoms with Crippen LogP contribution in [0.15, 0.2) is 23.3 Å². The Balaban J connectivity index is 2.13. The highest BCUT2D eigenvalue weighted by atomic mass is 19.4. The van der Waals surface area contributed by atoms with Gasteiger partial charge in [-0.25, -0.2) is 9.18 Å². The summed E-state index contributed by atoms with van der Waals surface area (Å²) in [5, 5.41) is 15.5. The number of hydrogen-bond acceptors (Lipinski definition) is 9. The van der Waals surface area contributed by atoms with Crippen molar-refractivity contribution in [3.05, 3.63) is 46.1 Å². The summed E-state index contributed by atoms with van der Waals surface area (Å²) in [7, 11) is 2.54. The van der Waals surface area contributed by atoms with Crippen LogP contribution in [0, 0.1) is 5.82 Å². The first-order valence-electron chi connectivity index (χ1n) is 10.1. The molecule has 0 saturated carbocycles. The second-order valence-corrected chi connectivity index (χ2v) is 6.94. The van der Waals surface area contributed by atoms with Crippen LogP contribution in [0.2, 0.25) is 0 Å². The van der Waals surface area contributed by atoms with Gasteiger partial charge in [-0.05, 0) is 13.0 Å². The van der Waals surface area contributed by atoms with E-state index in [2.05, 4.69) is 25.1 Å². The fourth-order valence-electron chi connectivity index (χ4n) is 3.08. The van der Waals surface area contributed by atoms with Gasteiger partial charge >= 0.3 is 11.9 Å². The van der Waals surface area contributed by atoms with E-state index in [4.69, 9.17) is 9.47 Å². The molecule has 12 nitrogen and oxygen atoms in total. The molecule has 194 valence electrons. The summed E-state index contributed by atoms with van der Waals surface area (Å²) in [6.45, 7) is -0.925. The van der Waals surface area contributed by atoms with Gasteiger partial charge in [0.05, 0.1) is 26.6 Å². The number of halogens is 4. The summed E-state index contributed by atoms with van der Waals surface area (Å²) in [6, 6.07) is 0.541. The van der Waals surface area contributed by atoms with Crippen molar-refractivity contribution in [1.82, 2.24) is 24.3 Å². The van der Waals surface area contributed by atoms with Crippen molar-refractivity contribution in [3.8, 4) is 23.2 Å². The molecule has 3 aromatic heterocycles. The Bertz CT molecular complexity index is 1300. The predicted molar refractivity (Wildman–Crippen MR) is 114 cm³/mol. The van der Waals surface area contributed by atoms with Crippen molar-refractivity contribution in [3.63, 3.8) is 0 Å². The van der Waals surface area contributed by atoms with E-state index in [1.54, 1.807) is 6.92 Å². The van der Waals surface area contributed by atoms with Gasteiger partial charge < -0.3 is 24.6 Å². The summed E-state index contributed by atoms with van der Waals surface area (Å²) in [4.78, 5) is 33.1. The zero-order chi connectivity index (χ0) is 26.6. The van der Waals surface area contributed by atoms with Crippen LogP contribution < -0.4 is 25.2 Å². The number of anilines is 1. The van der Waals surface area contributed by atoms with Crippen molar-refractivity contribution in [2.75, 3.05) is 26.1 Å². The SMILES string of the molecule is CCn1c(CO)nn(-c2nc(OCC(F)(F)F)c(C(=O)Nc3c(OC)cncc3OC)cc2F)c1=O. The van der Waals surface area contributed by atoms with Crippen LogP contribution in [0.25, 0.3) is 5.82 Å². The standard InChI is InChI=1S/C20H20F4N6O6/c1-4-29-14(8-31)28-30(19(29)33)16-11(21)5-10(18(27-16)36-9-20(22,23)24)17(32)26-15-12(34-2)6-25-7-13(15)35-3/h5-7,31H,4,8-9H2,1-3H3,(H,25,26,32). The number of methoxy groups -OCH3 is 2. The van der Waals surface area contributed by atoms with Crippen LogP contribution in [-0.2, 0) is 13.2 Å². The zero-order valence-corrected chi connectivity index (χ0v) is 19.1. The molecular formula is C20H20F4N6O6. The van der Waals surface area contributed by atoms with Crippen LogP contribution in [0.3, 0.4) is 0 Å². The molecular weight excluding hydrogens is 496 g/mol. The Morgan fingerprint density at radius 1 is 1.19 bits per heavy atom. The largest absolute Gasteiger partial charge is 0.493 e. The molecule has 1 amide bonds. The average Bonchev–Trinajstić information content (AvgIpc) is 3.17. The maximum absolute atomic E-state index is 15.1. The van der Waals surface area contributed by atoms with E-state index in [1.165, 1.54) is 26.6 Å². The van der Waals surface area contributed by atoms with Gasteiger partial charge in [-0.15, -0.1) is 5.10 Å². The summed E-state index contributed by atoms with van der Waals surface area (Å²) in [6.07, 6.45) is -2.36. The monoisotopic (exact) mass is 516 g/mol. The van der Waals surface area contributed by atoms with Gasteiger partial charge in [0, 0.05) is 6.54 Å². The Morgan fingerprint density at radius 3 is 2.33 bits per heavy atom. The van der Waals surface area contributed by atoms with Gasteiger partial charge in [0.2, 0.25) is 5.88 Å². The predicted octanol–water partition coefficient (Wildman–Crippen LogP) is 1.69. The smallest absolute Gasteiger partial charge is 0.422 e. The van der Waals surface area contributed by atoms with Gasteiger partial charge in [0.15, 0.2) is 35.6 Å². The lowest BCUT2D eigenvalue weighted by atomic mass is 10.2. The first kappa shape index (κ1) is 26.4. The second-order valence-electron chi connectivity index (χ2n) is 6.94. The van der Waals surface area contributed by atoms with Crippen molar-refractivity contribution < 1.29 is 41.7 Å². The van der Waals surface area contributed by atoms with Crippen molar-refractivity contribution in [1.29, 1.82) is 0 Å². The molecule has 0 aromatic carbocycles. The maximum atomic E-state index is 15.1. The Kier molecular flexibility index (Phi) is 7.77. The minimum Gasteiger partial charge on any atom is -0.493 e. The molecule has 0 spiro atoms. The quantitative estimate of drug-likeness (QED) is 0.406. The number of alkyl halides is 3. The minimum atomic E-state index is -4.83. The molecule has 2 N–H and O–H groups in total. The van der Waals surface area contributed by atoms with Crippen LogP contribution >= 0.6 is 0 Å². The highest BCUT2D eigenvalue weighted by molar-refractivity contribution is 6.07. The zero-order valence-electron chi connectivity index (χ0n) is 19.1. The molecule has 0 aliphatic heterocycles. The number of pyridine rings is 2. The number of carbonyl (C=O) groups is 1. The Labute approximate surface area is 200 Å². The molecule has 3 rings (SSSR count). The van der Waals surface area contributed by atoms with Crippen molar-refractivity contribution >= 4 is 11.6 Å². The summed E-state index contributed by atoms with van der Waals surface area (Å²) >= 11 is 0. The fraction of sp³-hybridized carbons (Fsp3) is 0.350. The number of nitrogens with zero attached hydrogens (tertiary/aromatic N) is 5. The average molecular weight is 516 g/mol. The molecule has 0 bridgehead atoms. The van der Waals surface area contributed by atoms with Crippen LogP contribution in [0.4, 0.5) is 23.2 Å². The van der Waals surface area contributed by atoms with Crippen molar-refractivity contribution in [2.24, 2.45) is 0 Å². The normalized spacial score (nSPS) is 11.3. The van der Waals surface area contributed by atoms with E-state index in [1.807, 2.05) is 0 Å². The summed E-state index contributed by atoms with van der Waals surface area (Å²) < 4.78 is 70.0. The minimum absolute atomic E-state index is 0.0405. The van der Waals surface area contributed by atoms with E-state index < -0.39 is 54.1 Å². The lowest BCUT2D eigenvalue weighted by Crippen LogP contribution is -2.27. The lowest BCUT2D eigenvalue weighted by Gasteiger charge is -2.16. The third kappa shape index (κ3) is 5.37. The number of carbonyl (C=O) groups excluding carboxylic acids is 1. The molecule has 0 unspecified atom stereocenters. The molecule has 36 heavy (non-hydrogen) atoms. The molecule has 0 atom stereocenters. The summed E-state index contributed by atoms with van der Waals surface area (Å²) in [5.74, 6) is -4.24. The highest BCUT2D eigenvalue weighted by Crippen LogP contribution is 2.34. The number of rotatable bonds is 9. The fourth-order valence-corrected chi connectivity index (χ4v) is 3.08. The lowest BCUT2D eigenvalue weighted by molar-refractivity contribution is -0.154. The van der Waals surface area contributed by atoms with Crippen LogP contribution in [-0.4, -0.2) is 62.3 Å². The molecule has 3 heterocycles. The van der Waals surface area contributed by atoms with E-state index in [-0.39, 0.29) is 29.6 Å². The van der Waals surface area contributed by atoms with E-state index in [0.717, 1.165) is 4.57 Å². The van der Waals surface area contributed by atoms with E-state index in [0.29, 0.717) is 10.7 Å². The van der Waals surface area contributed by atoms with Crippen molar-refractivity contribution in [2.45, 2.75) is 26.3 Å². The molecule has 16 heteroatoms. The third-order valence-corrected chi connectivity index (χ3v) is 4.69. The molecule has 0 aliphatic carbocycles. The Morgan fingerprint density at radius 2 is 1.83 bits per heavy atom. The topological polar surface area (TPSA) is 143 Å². The van der Waals surface area contributed by atoms with Gasteiger partial charge in [0.1, 0.15) is 17.9 Å². The second kappa shape index (κ2) is 10.6. The number of amides is 1. The molecule has 0 radical (unpaired) electrons. The number of hydrogen-bond donors (Lipinski definition) is 2. The Hall–Kier alpha value is -4.21. The van der Waals surface area contributed by atoms with Crippen LogP contribution in [0.1, 0.15) is 23.1 Å². The molecule has 0 saturated heterocycles. The molecule has 3 aromatic rings. The number of aliphatic hydroxyl groups is 1. The van der Waals surface area contributed by atoms with Gasteiger partial charge in [0.25, 0.3) is 5.91 Å². The first-order chi connectivity index (χ1) is 17.0. The molecule has 0 aliphatic rings. The number of aromatic nitrogens is 5. The summed E-state index contributed by atoms with van der Waals surface area (Å²) in [5.41, 5.74) is -1.69. The number of ether oxygens (including phenoxy) is 3. The molecule has 0 fully saturated rings. The first-order valence-corrected chi connectivity index (χ1v) is 10.1. The maximum Gasteiger partial charge on any atom is 0.422 e.